The van der Waals surface area contributed by atoms with Crippen LogP contribution in [0.5, 0.6) is 0 Å². The highest BCUT2D eigenvalue weighted by molar-refractivity contribution is 5.70. The topological polar surface area (TPSA) is 139 Å². The van der Waals surface area contributed by atoms with E-state index in [4.69, 9.17) is 15.6 Å². The maximum atomic E-state index is 14.1. The number of alkyl halides is 1. The van der Waals surface area contributed by atoms with E-state index in [2.05, 4.69) is 15.0 Å². The number of aromatic amines is 1. The summed E-state index contributed by atoms with van der Waals surface area (Å²) in [5.74, 6) is -0.137. The number of halogens is 1. The van der Waals surface area contributed by atoms with Crippen molar-refractivity contribution in [2.75, 3.05) is 12.3 Å². The van der Waals surface area contributed by atoms with Crippen molar-refractivity contribution in [3.05, 3.63) is 16.7 Å². The third-order valence-electron chi connectivity index (χ3n) is 3.57. The van der Waals surface area contributed by atoms with Gasteiger partial charge < -0.3 is 20.7 Å². The number of ether oxygens (including phenoxy) is 1. The molecule has 0 amide bonds. The number of fused-ring (bicyclic) bond motifs is 1. The minimum atomic E-state index is -1.92. The Kier molecular flexibility index (Phi) is 2.97. The lowest BCUT2D eigenvalue weighted by Crippen LogP contribution is -2.41. The average Bonchev–Trinajstić information content (AvgIpc) is 2.91. The predicted molar refractivity (Wildman–Crippen MR) is 69.1 cm³/mol. The Morgan fingerprint density at radius 3 is 3.00 bits per heavy atom. The molecule has 2 aromatic heterocycles. The molecule has 9 nitrogen and oxygen atoms in total. The van der Waals surface area contributed by atoms with E-state index in [1.165, 1.54) is 17.8 Å². The van der Waals surface area contributed by atoms with Crippen LogP contribution in [0.3, 0.4) is 0 Å². The zero-order valence-electron chi connectivity index (χ0n) is 11.0. The maximum Gasteiger partial charge on any atom is 0.280 e. The summed E-state index contributed by atoms with van der Waals surface area (Å²) in [6.07, 6.45) is -2.97. The minimum absolute atomic E-state index is 0.00791. The first-order chi connectivity index (χ1) is 9.86. The van der Waals surface area contributed by atoms with Gasteiger partial charge in [-0.1, -0.05) is 0 Å². The van der Waals surface area contributed by atoms with Crippen LogP contribution in [0.1, 0.15) is 13.2 Å². The van der Waals surface area contributed by atoms with Crippen LogP contribution in [0.15, 0.2) is 11.1 Å². The van der Waals surface area contributed by atoms with Crippen molar-refractivity contribution in [2.45, 2.75) is 31.0 Å². The summed E-state index contributed by atoms with van der Waals surface area (Å²) in [5, 5.41) is 19.4. The number of aliphatic hydroxyl groups excluding tert-OH is 1. The molecule has 21 heavy (non-hydrogen) atoms. The highest BCUT2D eigenvalue weighted by Gasteiger charge is 2.54. The van der Waals surface area contributed by atoms with E-state index >= 15 is 0 Å². The van der Waals surface area contributed by atoms with Crippen molar-refractivity contribution < 1.29 is 19.3 Å². The Morgan fingerprint density at radius 1 is 1.67 bits per heavy atom. The van der Waals surface area contributed by atoms with E-state index < -0.39 is 36.3 Å². The number of anilines is 1. The molecule has 3 heterocycles. The standard InChI is InChI=1S/C11H14FN5O4/c1-11(20)6(12)4(2-18)21-9(11)17-3-14-5-7(17)15-10(13)16-8(5)19/h3-4,6,9,18,20H,2H2,1H3,(H3,13,15,16,19)/t4-,6?,9-,11+/m1/s1. The van der Waals surface area contributed by atoms with Crippen LogP contribution in [0.25, 0.3) is 11.2 Å². The van der Waals surface area contributed by atoms with E-state index in [0.29, 0.717) is 0 Å². The van der Waals surface area contributed by atoms with Crippen molar-refractivity contribution in [1.82, 2.24) is 19.5 Å². The predicted octanol–water partition coefficient (Wildman–Crippen LogP) is -1.32. The first-order valence-corrected chi connectivity index (χ1v) is 6.21. The van der Waals surface area contributed by atoms with Gasteiger partial charge in [-0.05, 0) is 6.92 Å². The number of hydrogen-bond acceptors (Lipinski definition) is 7. The SMILES string of the molecule is C[C@]1(O)C(F)[C@@H](CO)O[C@H]1n1cnc2c(=O)[nH]c(N)nc21. The summed E-state index contributed by atoms with van der Waals surface area (Å²) in [6.45, 7) is 0.650. The smallest absolute Gasteiger partial charge is 0.280 e. The molecule has 1 aliphatic heterocycles. The fraction of sp³-hybridized carbons (Fsp3) is 0.545. The van der Waals surface area contributed by atoms with Crippen LogP contribution < -0.4 is 11.3 Å². The number of nitrogens with zero attached hydrogens (tertiary/aromatic N) is 3. The number of hydrogen-bond donors (Lipinski definition) is 4. The number of aromatic nitrogens is 4. The van der Waals surface area contributed by atoms with Gasteiger partial charge in [-0.15, -0.1) is 0 Å². The molecule has 2 aromatic rings. The number of aliphatic hydroxyl groups is 2. The van der Waals surface area contributed by atoms with Crippen LogP contribution in [0.2, 0.25) is 0 Å². The molecule has 0 aliphatic carbocycles. The molecule has 4 atom stereocenters. The molecular weight excluding hydrogens is 285 g/mol. The van der Waals surface area contributed by atoms with E-state index in [0.717, 1.165) is 0 Å². The molecule has 0 bridgehead atoms. The zero-order chi connectivity index (χ0) is 15.4. The first kappa shape index (κ1) is 13.9. The van der Waals surface area contributed by atoms with Crippen LogP contribution in [-0.2, 0) is 4.74 Å². The van der Waals surface area contributed by atoms with Gasteiger partial charge in [0.15, 0.2) is 23.6 Å². The van der Waals surface area contributed by atoms with Gasteiger partial charge in [0, 0.05) is 0 Å². The minimum Gasteiger partial charge on any atom is -0.394 e. The molecule has 1 fully saturated rings. The van der Waals surface area contributed by atoms with Crippen LogP contribution in [0.4, 0.5) is 10.3 Å². The fourth-order valence-corrected chi connectivity index (χ4v) is 2.48. The van der Waals surface area contributed by atoms with E-state index in [9.17, 15) is 14.3 Å². The number of rotatable bonds is 2. The number of H-pyrrole nitrogens is 1. The van der Waals surface area contributed by atoms with Gasteiger partial charge in [-0.25, -0.2) is 9.37 Å². The lowest BCUT2D eigenvalue weighted by Gasteiger charge is -2.26. The molecule has 10 heteroatoms. The molecule has 0 radical (unpaired) electrons. The van der Waals surface area contributed by atoms with Gasteiger partial charge in [0.2, 0.25) is 5.95 Å². The van der Waals surface area contributed by atoms with Gasteiger partial charge in [0.05, 0.1) is 12.9 Å². The second kappa shape index (κ2) is 4.48. The van der Waals surface area contributed by atoms with Gasteiger partial charge in [-0.2, -0.15) is 4.98 Å². The van der Waals surface area contributed by atoms with Gasteiger partial charge in [0.25, 0.3) is 5.56 Å². The third kappa shape index (κ3) is 1.91. The molecular formula is C11H14FN5O4. The highest BCUT2D eigenvalue weighted by atomic mass is 19.1. The van der Waals surface area contributed by atoms with Crippen molar-refractivity contribution in [3.8, 4) is 0 Å². The van der Waals surface area contributed by atoms with Gasteiger partial charge in [0.1, 0.15) is 11.7 Å². The van der Waals surface area contributed by atoms with E-state index in [-0.39, 0.29) is 17.1 Å². The number of imidazole rings is 1. The third-order valence-corrected chi connectivity index (χ3v) is 3.57. The molecule has 1 saturated heterocycles. The Morgan fingerprint density at radius 2 is 2.38 bits per heavy atom. The van der Waals surface area contributed by atoms with Crippen LogP contribution in [-0.4, -0.2) is 54.2 Å². The van der Waals surface area contributed by atoms with Crippen LogP contribution >= 0.6 is 0 Å². The first-order valence-electron chi connectivity index (χ1n) is 6.21. The van der Waals surface area contributed by atoms with Crippen molar-refractivity contribution in [3.63, 3.8) is 0 Å². The second-order valence-corrected chi connectivity index (χ2v) is 5.11. The lowest BCUT2D eigenvalue weighted by atomic mass is 9.98. The largest absolute Gasteiger partial charge is 0.394 e. The molecule has 5 N–H and O–H groups in total. The summed E-state index contributed by atoms with van der Waals surface area (Å²) in [5.41, 5.74) is 3.06. The normalized spacial score (nSPS) is 32.9. The Labute approximate surface area is 117 Å². The summed E-state index contributed by atoms with van der Waals surface area (Å²) >= 11 is 0. The maximum absolute atomic E-state index is 14.1. The molecule has 1 unspecified atom stereocenters. The molecule has 0 spiro atoms. The van der Waals surface area contributed by atoms with Gasteiger partial charge in [-0.3, -0.25) is 14.3 Å². The highest BCUT2D eigenvalue weighted by Crippen LogP contribution is 2.40. The summed E-state index contributed by atoms with van der Waals surface area (Å²) < 4.78 is 20.6. The summed E-state index contributed by atoms with van der Waals surface area (Å²) in [4.78, 5) is 21.8. The number of nitrogens with two attached hydrogens (primary N) is 1. The monoisotopic (exact) mass is 299 g/mol. The van der Waals surface area contributed by atoms with Crippen molar-refractivity contribution in [1.29, 1.82) is 0 Å². The van der Waals surface area contributed by atoms with Crippen LogP contribution in [0, 0.1) is 0 Å². The van der Waals surface area contributed by atoms with E-state index in [1.807, 2.05) is 0 Å². The number of nitrogens with one attached hydrogen (secondary N) is 1. The average molecular weight is 299 g/mol. The zero-order valence-corrected chi connectivity index (χ0v) is 11.0. The Hall–Kier alpha value is -2.04. The molecule has 0 aromatic carbocycles. The summed E-state index contributed by atoms with van der Waals surface area (Å²) in [6, 6.07) is 0. The second-order valence-electron chi connectivity index (χ2n) is 5.11. The summed E-state index contributed by atoms with van der Waals surface area (Å²) in [7, 11) is 0. The Bertz CT molecular complexity index is 742. The lowest BCUT2D eigenvalue weighted by molar-refractivity contribution is -0.0892. The number of nitrogen functional groups attached to an aromatic ring is 1. The van der Waals surface area contributed by atoms with Crippen molar-refractivity contribution in [2.24, 2.45) is 0 Å². The fourth-order valence-electron chi connectivity index (χ4n) is 2.48. The molecule has 0 saturated carbocycles. The molecule has 3 rings (SSSR count). The van der Waals surface area contributed by atoms with E-state index in [1.54, 1.807) is 0 Å². The quantitative estimate of drug-likeness (QED) is 0.539. The van der Waals surface area contributed by atoms with Gasteiger partial charge >= 0.3 is 0 Å². The van der Waals surface area contributed by atoms with Crippen molar-refractivity contribution >= 4 is 17.1 Å². The Balaban J connectivity index is 2.15. The molecule has 1 aliphatic rings. The molecule has 114 valence electrons.